The maximum Gasteiger partial charge on any atom is 0.416 e. The molecule has 2 heterocycles. The Hall–Kier alpha value is -3.04. The molecule has 162 valence electrons. The molecule has 1 amide bonds. The summed E-state index contributed by atoms with van der Waals surface area (Å²) in [5, 5.41) is 2.73. The Bertz CT molecular complexity index is 952. The molecule has 30 heavy (non-hydrogen) atoms. The van der Waals surface area contributed by atoms with Crippen molar-refractivity contribution < 1.29 is 18.0 Å². The minimum Gasteiger partial charge on any atom is -0.368 e. The number of carbonyl (C=O) groups excluding carboxylic acids is 1. The van der Waals surface area contributed by atoms with Crippen molar-refractivity contribution in [3.05, 3.63) is 51.9 Å². The Morgan fingerprint density at radius 3 is 2.50 bits per heavy atom. The van der Waals surface area contributed by atoms with Crippen LogP contribution in [-0.2, 0) is 6.18 Å². The summed E-state index contributed by atoms with van der Waals surface area (Å²) >= 11 is 0. The zero-order chi connectivity index (χ0) is 21.9. The number of amides is 1. The van der Waals surface area contributed by atoms with E-state index in [0.29, 0.717) is 37.8 Å². The van der Waals surface area contributed by atoms with Crippen molar-refractivity contribution in [2.75, 3.05) is 36.0 Å². The van der Waals surface area contributed by atoms with Gasteiger partial charge in [0.15, 0.2) is 0 Å². The summed E-state index contributed by atoms with van der Waals surface area (Å²) in [7, 11) is 0. The first-order valence-electron chi connectivity index (χ1n) is 9.76. The van der Waals surface area contributed by atoms with E-state index in [4.69, 9.17) is 0 Å². The average molecular weight is 423 g/mol. The zero-order valence-corrected chi connectivity index (χ0v) is 16.8. The van der Waals surface area contributed by atoms with E-state index >= 15 is 0 Å². The summed E-state index contributed by atoms with van der Waals surface area (Å²) in [6, 6.07) is 5.18. The topological polar surface area (TPSA) is 81.3 Å². The molecule has 3 rings (SSSR count). The third kappa shape index (κ3) is 4.92. The first-order chi connectivity index (χ1) is 14.2. The summed E-state index contributed by atoms with van der Waals surface area (Å²) in [6.07, 6.45) is -2.39. The molecule has 0 radical (unpaired) electrons. The second-order valence-corrected chi connectivity index (χ2v) is 7.25. The van der Waals surface area contributed by atoms with Gasteiger partial charge in [0.05, 0.1) is 5.56 Å². The van der Waals surface area contributed by atoms with Crippen LogP contribution in [-0.4, -0.2) is 48.1 Å². The Morgan fingerprint density at radius 2 is 1.90 bits per heavy atom. The predicted octanol–water partition coefficient (Wildman–Crippen LogP) is 2.64. The molecule has 1 aromatic carbocycles. The van der Waals surface area contributed by atoms with Crippen molar-refractivity contribution >= 4 is 17.5 Å². The predicted molar refractivity (Wildman–Crippen MR) is 108 cm³/mol. The maximum atomic E-state index is 12.9. The fourth-order valence-corrected chi connectivity index (χ4v) is 3.17. The van der Waals surface area contributed by atoms with Crippen molar-refractivity contribution in [1.29, 1.82) is 0 Å². The van der Waals surface area contributed by atoms with Gasteiger partial charge in [0.2, 0.25) is 5.95 Å². The quantitative estimate of drug-likeness (QED) is 0.773. The minimum atomic E-state index is -4.38. The second-order valence-electron chi connectivity index (χ2n) is 7.25. The number of H-pyrrole nitrogens is 1. The van der Waals surface area contributed by atoms with Crippen molar-refractivity contribution in [1.82, 2.24) is 15.3 Å². The van der Waals surface area contributed by atoms with Crippen LogP contribution in [0.2, 0.25) is 0 Å². The van der Waals surface area contributed by atoms with E-state index in [-0.39, 0.29) is 11.6 Å². The molecule has 1 aliphatic heterocycles. The summed E-state index contributed by atoms with van der Waals surface area (Å²) in [5.74, 6) is -0.136. The van der Waals surface area contributed by atoms with Crippen molar-refractivity contribution in [3.63, 3.8) is 0 Å². The number of halogens is 3. The van der Waals surface area contributed by atoms with E-state index in [0.717, 1.165) is 18.6 Å². The average Bonchev–Trinajstić information content (AvgIpc) is 2.73. The number of nitrogens with one attached hydrogen (secondary N) is 2. The van der Waals surface area contributed by atoms with Gasteiger partial charge < -0.3 is 15.1 Å². The maximum absolute atomic E-state index is 12.9. The fraction of sp³-hybridized carbons (Fsp3) is 0.450. The van der Waals surface area contributed by atoms with Crippen molar-refractivity contribution in [3.8, 4) is 0 Å². The van der Waals surface area contributed by atoms with Gasteiger partial charge in [-0.3, -0.25) is 14.6 Å². The van der Waals surface area contributed by atoms with Crippen LogP contribution in [0.4, 0.5) is 24.8 Å². The van der Waals surface area contributed by atoms with Gasteiger partial charge in [-0.05, 0) is 31.5 Å². The molecule has 10 heteroatoms. The molecule has 1 aliphatic rings. The summed E-state index contributed by atoms with van der Waals surface area (Å²) in [6.45, 7) is 5.66. The molecule has 2 aromatic rings. The smallest absolute Gasteiger partial charge is 0.368 e. The van der Waals surface area contributed by atoms with Crippen LogP contribution < -0.4 is 20.7 Å². The number of aromatic nitrogens is 2. The normalized spacial score (nSPS) is 15.8. The van der Waals surface area contributed by atoms with Gasteiger partial charge in [0.25, 0.3) is 11.5 Å². The number of nitrogens with zero attached hydrogens (tertiary/aromatic N) is 3. The van der Waals surface area contributed by atoms with Crippen LogP contribution in [0.5, 0.6) is 0 Å². The number of anilines is 2. The molecule has 1 aromatic heterocycles. The highest BCUT2D eigenvalue weighted by atomic mass is 19.4. The first-order valence-corrected chi connectivity index (χ1v) is 9.76. The van der Waals surface area contributed by atoms with Gasteiger partial charge in [0.1, 0.15) is 5.56 Å². The number of benzene rings is 1. The van der Waals surface area contributed by atoms with Crippen LogP contribution >= 0.6 is 0 Å². The minimum absolute atomic E-state index is 0.0540. The van der Waals surface area contributed by atoms with Gasteiger partial charge >= 0.3 is 6.18 Å². The number of alkyl halides is 3. The van der Waals surface area contributed by atoms with Crippen molar-refractivity contribution in [2.24, 2.45) is 0 Å². The molecule has 7 nitrogen and oxygen atoms in total. The highest BCUT2D eigenvalue weighted by molar-refractivity contribution is 5.93. The van der Waals surface area contributed by atoms with Crippen LogP contribution in [0.25, 0.3) is 0 Å². The molecular formula is C20H24F3N5O2. The van der Waals surface area contributed by atoms with Crippen LogP contribution in [0.15, 0.2) is 35.3 Å². The van der Waals surface area contributed by atoms with Crippen molar-refractivity contribution in [2.45, 2.75) is 32.5 Å². The Balaban J connectivity index is 1.66. The van der Waals surface area contributed by atoms with E-state index in [1.165, 1.54) is 12.3 Å². The van der Waals surface area contributed by atoms with Gasteiger partial charge in [-0.2, -0.15) is 13.2 Å². The molecule has 1 saturated heterocycles. The Labute approximate surface area is 171 Å². The van der Waals surface area contributed by atoms with Crippen LogP contribution in [0, 0.1) is 0 Å². The molecule has 0 bridgehead atoms. The molecule has 0 spiro atoms. The number of piperazine rings is 1. The first kappa shape index (κ1) is 21.7. The molecule has 1 fully saturated rings. The standard InChI is InChI=1S/C20H24F3N5O2/c1-3-13(2)25-17(29)16-12-24-19(26-18(16)30)28-9-7-27(8-10-28)15-6-4-5-14(11-15)20(21,22)23/h4-6,11-13H,3,7-10H2,1-2H3,(H,25,29)(H,24,26,30)/t13-/m1/s1. The summed E-state index contributed by atoms with van der Waals surface area (Å²) in [4.78, 5) is 35.0. The van der Waals surface area contributed by atoms with E-state index in [1.807, 2.05) is 23.6 Å². The summed E-state index contributed by atoms with van der Waals surface area (Å²) < 4.78 is 38.8. The van der Waals surface area contributed by atoms with E-state index in [1.54, 1.807) is 6.07 Å². The lowest BCUT2D eigenvalue weighted by Gasteiger charge is -2.36. The monoisotopic (exact) mass is 423 g/mol. The molecular weight excluding hydrogens is 399 g/mol. The van der Waals surface area contributed by atoms with Gasteiger partial charge in [-0.15, -0.1) is 0 Å². The Kier molecular flexibility index (Phi) is 6.33. The van der Waals surface area contributed by atoms with Crippen LogP contribution in [0.3, 0.4) is 0 Å². The lowest BCUT2D eigenvalue weighted by atomic mass is 10.1. The molecule has 0 unspecified atom stereocenters. The molecule has 1 atom stereocenters. The highest BCUT2D eigenvalue weighted by Crippen LogP contribution is 2.32. The number of hydrogen-bond donors (Lipinski definition) is 2. The van der Waals surface area contributed by atoms with Crippen LogP contribution in [0.1, 0.15) is 36.2 Å². The largest absolute Gasteiger partial charge is 0.416 e. The summed E-state index contributed by atoms with van der Waals surface area (Å²) in [5.41, 5.74) is -0.759. The second kappa shape index (κ2) is 8.76. The zero-order valence-electron chi connectivity index (χ0n) is 16.8. The molecule has 2 N–H and O–H groups in total. The number of rotatable bonds is 5. The van der Waals surface area contributed by atoms with Gasteiger partial charge in [-0.25, -0.2) is 4.98 Å². The lowest BCUT2D eigenvalue weighted by Crippen LogP contribution is -2.47. The van der Waals surface area contributed by atoms with Gasteiger partial charge in [0, 0.05) is 44.1 Å². The van der Waals surface area contributed by atoms with E-state index in [2.05, 4.69) is 15.3 Å². The SMILES string of the molecule is CC[C@@H](C)NC(=O)c1cnc(N2CCN(c3cccc(C(F)(F)F)c3)CC2)[nH]c1=O. The van der Waals surface area contributed by atoms with E-state index in [9.17, 15) is 22.8 Å². The van der Waals surface area contributed by atoms with Gasteiger partial charge in [-0.1, -0.05) is 13.0 Å². The van der Waals surface area contributed by atoms with E-state index < -0.39 is 23.2 Å². The Morgan fingerprint density at radius 1 is 1.23 bits per heavy atom. The molecule has 0 aliphatic carbocycles. The number of carbonyl (C=O) groups is 1. The number of aromatic amines is 1. The third-order valence-corrected chi connectivity index (χ3v) is 5.14. The fourth-order valence-electron chi connectivity index (χ4n) is 3.17. The molecule has 0 saturated carbocycles. The highest BCUT2D eigenvalue weighted by Gasteiger charge is 2.31. The number of hydrogen-bond acceptors (Lipinski definition) is 5. The third-order valence-electron chi connectivity index (χ3n) is 5.14. The lowest BCUT2D eigenvalue weighted by molar-refractivity contribution is -0.137.